The molecule has 0 spiro atoms. The molecule has 0 saturated carbocycles. The molecule has 0 aliphatic carbocycles. The van der Waals surface area contributed by atoms with Gasteiger partial charge in [-0.2, -0.15) is 9.97 Å². The number of fused-ring (bicyclic) bond motifs is 1. The predicted molar refractivity (Wildman–Crippen MR) is 118 cm³/mol. The lowest BCUT2D eigenvalue weighted by Gasteiger charge is -2.19. The Kier molecular flexibility index (Phi) is 4.74. The third kappa shape index (κ3) is 3.57. The molecule has 9 nitrogen and oxygen atoms in total. The predicted octanol–water partition coefficient (Wildman–Crippen LogP) is 4.32. The van der Waals surface area contributed by atoms with Gasteiger partial charge in [0, 0.05) is 23.1 Å². The van der Waals surface area contributed by atoms with Crippen LogP contribution < -0.4 is 10.2 Å². The zero-order valence-corrected chi connectivity index (χ0v) is 17.7. The molecule has 1 aliphatic rings. The van der Waals surface area contributed by atoms with Gasteiger partial charge in [-0.3, -0.25) is 4.90 Å². The van der Waals surface area contributed by atoms with Crippen LogP contribution in [-0.2, 0) is 4.74 Å². The van der Waals surface area contributed by atoms with Crippen molar-refractivity contribution in [3.05, 3.63) is 59.8 Å². The number of hydrogen-bond acceptors (Lipinski definition) is 6. The van der Waals surface area contributed by atoms with Gasteiger partial charge in [-0.05, 0) is 44.2 Å². The molecular formula is C21H20ClN7O2. The molecule has 31 heavy (non-hydrogen) atoms. The van der Waals surface area contributed by atoms with E-state index in [0.29, 0.717) is 29.0 Å². The van der Waals surface area contributed by atoms with E-state index in [1.807, 2.05) is 54.9 Å². The third-order valence-corrected chi connectivity index (χ3v) is 5.48. The van der Waals surface area contributed by atoms with Crippen molar-refractivity contribution in [2.75, 3.05) is 16.8 Å². The highest BCUT2D eigenvalue weighted by Crippen LogP contribution is 2.30. The van der Waals surface area contributed by atoms with Crippen molar-refractivity contribution in [2.24, 2.45) is 0 Å². The summed E-state index contributed by atoms with van der Waals surface area (Å²) in [4.78, 5) is 30.6. The number of imidazole rings is 1. The van der Waals surface area contributed by atoms with Crippen molar-refractivity contribution in [2.45, 2.75) is 25.9 Å². The van der Waals surface area contributed by atoms with Crippen molar-refractivity contribution in [1.29, 1.82) is 0 Å². The minimum absolute atomic E-state index is 0.110. The SMILES string of the molecule is C[C@H](Nc1nc(N2C(=O)OC[C@H]2C)c2cc[nH]c2n1)c1cn(-c2ccc(Cl)cc2)cn1. The van der Waals surface area contributed by atoms with Crippen LogP contribution in [0.4, 0.5) is 16.6 Å². The molecule has 0 radical (unpaired) electrons. The third-order valence-electron chi connectivity index (χ3n) is 5.23. The molecule has 2 N–H and O–H groups in total. The molecular weight excluding hydrogens is 418 g/mol. The van der Waals surface area contributed by atoms with Gasteiger partial charge in [-0.25, -0.2) is 9.78 Å². The molecule has 1 amide bonds. The van der Waals surface area contributed by atoms with Gasteiger partial charge in [0.05, 0.1) is 29.5 Å². The van der Waals surface area contributed by atoms with Gasteiger partial charge in [0.15, 0.2) is 5.82 Å². The maximum atomic E-state index is 12.3. The number of benzene rings is 1. The van der Waals surface area contributed by atoms with E-state index < -0.39 is 6.09 Å². The molecule has 5 rings (SSSR count). The van der Waals surface area contributed by atoms with Crippen LogP contribution in [0, 0.1) is 0 Å². The minimum atomic E-state index is -0.408. The normalized spacial score (nSPS) is 17.2. The number of cyclic esters (lactones) is 1. The zero-order chi connectivity index (χ0) is 21.5. The van der Waals surface area contributed by atoms with Crippen LogP contribution in [0.5, 0.6) is 0 Å². The Hall–Kier alpha value is -3.59. The van der Waals surface area contributed by atoms with E-state index in [1.54, 1.807) is 17.4 Å². The molecule has 4 aromatic rings. The summed E-state index contributed by atoms with van der Waals surface area (Å²) < 4.78 is 7.10. The summed E-state index contributed by atoms with van der Waals surface area (Å²) in [7, 11) is 0. The van der Waals surface area contributed by atoms with E-state index in [0.717, 1.165) is 16.8 Å². The van der Waals surface area contributed by atoms with Gasteiger partial charge in [0.1, 0.15) is 12.3 Å². The van der Waals surface area contributed by atoms with E-state index in [1.165, 1.54) is 0 Å². The number of carbonyl (C=O) groups excluding carboxylic acids is 1. The molecule has 0 unspecified atom stereocenters. The first-order valence-electron chi connectivity index (χ1n) is 9.87. The van der Waals surface area contributed by atoms with Crippen LogP contribution in [0.25, 0.3) is 16.7 Å². The van der Waals surface area contributed by atoms with E-state index in [2.05, 4.69) is 25.3 Å². The maximum absolute atomic E-state index is 12.3. The second-order valence-electron chi connectivity index (χ2n) is 7.45. The average Bonchev–Trinajstić information content (AvgIpc) is 3.48. The lowest BCUT2D eigenvalue weighted by Crippen LogP contribution is -2.32. The van der Waals surface area contributed by atoms with E-state index in [-0.39, 0.29) is 12.1 Å². The number of aromatic nitrogens is 5. The van der Waals surface area contributed by atoms with Crippen LogP contribution in [0.2, 0.25) is 5.02 Å². The van der Waals surface area contributed by atoms with E-state index in [9.17, 15) is 4.79 Å². The second kappa shape index (κ2) is 7.59. The van der Waals surface area contributed by atoms with Crippen LogP contribution in [-0.4, -0.2) is 43.2 Å². The number of anilines is 2. The smallest absolute Gasteiger partial charge is 0.415 e. The van der Waals surface area contributed by atoms with Crippen LogP contribution in [0.1, 0.15) is 25.6 Å². The standard InChI is InChI=1S/C21H20ClN7O2/c1-12-10-31-21(30)29(12)19-16-7-8-23-18(16)26-20(27-19)25-13(2)17-9-28(11-24-17)15-5-3-14(22)4-6-15/h3-9,11-13H,10H2,1-2H3,(H2,23,25,26,27)/t12-,13+/m1/s1. The minimum Gasteiger partial charge on any atom is -0.447 e. The number of rotatable bonds is 5. The van der Waals surface area contributed by atoms with Crippen molar-refractivity contribution in [1.82, 2.24) is 24.5 Å². The molecule has 1 saturated heterocycles. The van der Waals surface area contributed by atoms with Gasteiger partial charge in [0.25, 0.3) is 0 Å². The molecule has 2 atom stereocenters. The average molecular weight is 438 g/mol. The largest absolute Gasteiger partial charge is 0.447 e. The molecule has 1 fully saturated rings. The van der Waals surface area contributed by atoms with Gasteiger partial charge in [-0.1, -0.05) is 11.6 Å². The van der Waals surface area contributed by atoms with Crippen molar-refractivity contribution >= 4 is 40.5 Å². The van der Waals surface area contributed by atoms with Gasteiger partial charge >= 0.3 is 6.09 Å². The maximum Gasteiger partial charge on any atom is 0.415 e. The van der Waals surface area contributed by atoms with Crippen molar-refractivity contribution in [3.8, 4) is 5.69 Å². The summed E-state index contributed by atoms with van der Waals surface area (Å²) in [5.41, 5.74) is 2.42. The monoisotopic (exact) mass is 437 g/mol. The summed E-state index contributed by atoms with van der Waals surface area (Å²) in [5, 5.41) is 4.73. The summed E-state index contributed by atoms with van der Waals surface area (Å²) in [5.74, 6) is 0.910. The fourth-order valence-electron chi connectivity index (χ4n) is 3.57. The fraction of sp³-hybridized carbons (Fsp3) is 0.238. The molecule has 10 heteroatoms. The quantitative estimate of drug-likeness (QED) is 0.482. The zero-order valence-electron chi connectivity index (χ0n) is 16.9. The Morgan fingerprint density at radius 2 is 2.06 bits per heavy atom. The Morgan fingerprint density at radius 1 is 1.26 bits per heavy atom. The summed E-state index contributed by atoms with van der Waals surface area (Å²) in [6.45, 7) is 4.23. The molecule has 1 aliphatic heterocycles. The highest BCUT2D eigenvalue weighted by atomic mass is 35.5. The van der Waals surface area contributed by atoms with Crippen molar-refractivity contribution < 1.29 is 9.53 Å². The van der Waals surface area contributed by atoms with Crippen molar-refractivity contribution in [3.63, 3.8) is 0 Å². The van der Waals surface area contributed by atoms with Crippen LogP contribution in [0.15, 0.2) is 49.1 Å². The Balaban J connectivity index is 1.43. The number of aromatic amines is 1. The van der Waals surface area contributed by atoms with E-state index >= 15 is 0 Å². The highest BCUT2D eigenvalue weighted by molar-refractivity contribution is 6.30. The first kappa shape index (κ1) is 19.4. The Bertz CT molecular complexity index is 1250. The molecule has 4 heterocycles. The lowest BCUT2D eigenvalue weighted by atomic mass is 10.2. The number of halogens is 1. The number of hydrogen-bond donors (Lipinski definition) is 2. The number of carbonyl (C=O) groups is 1. The second-order valence-corrected chi connectivity index (χ2v) is 7.89. The van der Waals surface area contributed by atoms with E-state index in [4.69, 9.17) is 16.3 Å². The summed E-state index contributed by atoms with van der Waals surface area (Å²) in [6, 6.07) is 9.10. The topological polar surface area (TPSA) is 101 Å². The van der Waals surface area contributed by atoms with Crippen LogP contribution >= 0.6 is 11.6 Å². The first-order chi connectivity index (χ1) is 15.0. The van der Waals surface area contributed by atoms with Gasteiger partial charge < -0.3 is 19.6 Å². The molecule has 0 bridgehead atoms. The Morgan fingerprint density at radius 3 is 2.81 bits per heavy atom. The number of H-pyrrole nitrogens is 1. The number of nitrogens with zero attached hydrogens (tertiary/aromatic N) is 5. The summed E-state index contributed by atoms with van der Waals surface area (Å²) in [6.07, 6.45) is 5.05. The molecule has 1 aromatic carbocycles. The lowest BCUT2D eigenvalue weighted by molar-refractivity contribution is 0.179. The number of ether oxygens (including phenoxy) is 1. The van der Waals surface area contributed by atoms with Gasteiger partial charge in [-0.15, -0.1) is 0 Å². The molecule has 158 valence electrons. The summed E-state index contributed by atoms with van der Waals surface area (Å²) >= 11 is 5.97. The molecule has 3 aromatic heterocycles. The Labute approximate surface area is 183 Å². The number of amides is 1. The number of nitrogens with one attached hydrogen (secondary N) is 2. The first-order valence-corrected chi connectivity index (χ1v) is 10.2. The van der Waals surface area contributed by atoms with Gasteiger partial charge in [0.2, 0.25) is 5.95 Å². The highest BCUT2D eigenvalue weighted by Gasteiger charge is 2.34. The fourth-order valence-corrected chi connectivity index (χ4v) is 3.69. The van der Waals surface area contributed by atoms with Crippen LogP contribution in [0.3, 0.4) is 0 Å².